The first-order chi connectivity index (χ1) is 8.72. The van der Waals surface area contributed by atoms with E-state index >= 15 is 0 Å². The Bertz CT molecular complexity index is 279. The maximum absolute atomic E-state index is 11.5. The summed E-state index contributed by atoms with van der Waals surface area (Å²) in [6.07, 6.45) is 9.08. The summed E-state index contributed by atoms with van der Waals surface area (Å²) in [6, 6.07) is 0. The van der Waals surface area contributed by atoms with Crippen LogP contribution in [-0.4, -0.2) is 50.1 Å². The zero-order valence-electron chi connectivity index (χ0n) is 11.4. The Morgan fingerprint density at radius 3 is 2.78 bits per heavy atom. The van der Waals surface area contributed by atoms with Crippen molar-refractivity contribution in [3.05, 3.63) is 0 Å². The van der Waals surface area contributed by atoms with Crippen molar-refractivity contribution < 1.29 is 4.79 Å². The van der Waals surface area contributed by atoms with E-state index in [1.54, 1.807) is 0 Å². The van der Waals surface area contributed by atoms with E-state index in [1.165, 1.54) is 32.4 Å². The van der Waals surface area contributed by atoms with Crippen LogP contribution in [0.5, 0.6) is 0 Å². The van der Waals surface area contributed by atoms with E-state index in [2.05, 4.69) is 28.4 Å². The molecule has 1 rings (SSSR count). The van der Waals surface area contributed by atoms with Gasteiger partial charge in [-0.15, -0.1) is 6.42 Å². The van der Waals surface area contributed by atoms with Crippen LogP contribution in [0.15, 0.2) is 0 Å². The molecule has 4 heteroatoms. The molecule has 0 saturated carbocycles. The van der Waals surface area contributed by atoms with Gasteiger partial charge >= 0.3 is 0 Å². The minimum atomic E-state index is 0.0238. The molecule has 2 N–H and O–H groups in total. The van der Waals surface area contributed by atoms with Crippen LogP contribution in [0.25, 0.3) is 0 Å². The summed E-state index contributed by atoms with van der Waals surface area (Å²) in [5.41, 5.74) is 0. The molecule has 102 valence electrons. The third kappa shape index (κ3) is 6.63. The highest BCUT2D eigenvalue weighted by Gasteiger charge is 2.13. The second-order valence-electron chi connectivity index (χ2n) is 5.08. The van der Waals surface area contributed by atoms with E-state index in [1.807, 2.05) is 0 Å². The lowest BCUT2D eigenvalue weighted by molar-refractivity contribution is -0.120. The van der Waals surface area contributed by atoms with Crippen molar-refractivity contribution in [2.24, 2.45) is 5.92 Å². The number of carbonyl (C=O) groups is 1. The molecular formula is C14H25N3O. The number of terminal acetylenes is 1. The van der Waals surface area contributed by atoms with Crippen LogP contribution in [0.2, 0.25) is 0 Å². The van der Waals surface area contributed by atoms with E-state index in [-0.39, 0.29) is 5.91 Å². The summed E-state index contributed by atoms with van der Waals surface area (Å²) in [5, 5.41) is 5.82. The predicted octanol–water partition coefficient (Wildman–Crippen LogP) is 0.447. The van der Waals surface area contributed by atoms with Crippen molar-refractivity contribution in [1.82, 2.24) is 15.5 Å². The van der Waals surface area contributed by atoms with Crippen LogP contribution >= 0.6 is 0 Å². The van der Waals surface area contributed by atoms with Crippen LogP contribution in [0, 0.1) is 18.3 Å². The maximum Gasteiger partial charge on any atom is 0.233 e. The third-order valence-corrected chi connectivity index (χ3v) is 3.18. The van der Waals surface area contributed by atoms with Crippen LogP contribution in [-0.2, 0) is 4.79 Å². The molecule has 1 amide bonds. The molecule has 0 bridgehead atoms. The SMILES string of the molecule is C#CCNCC(=O)NCC(C)CN1CCCCC1. The number of hydrogen-bond donors (Lipinski definition) is 2. The summed E-state index contributed by atoms with van der Waals surface area (Å²) in [7, 11) is 0. The van der Waals surface area contributed by atoms with Gasteiger partial charge < -0.3 is 10.2 Å². The molecule has 18 heavy (non-hydrogen) atoms. The van der Waals surface area contributed by atoms with E-state index in [4.69, 9.17) is 6.42 Å². The number of nitrogens with zero attached hydrogens (tertiary/aromatic N) is 1. The molecule has 0 aromatic rings. The zero-order valence-corrected chi connectivity index (χ0v) is 11.4. The van der Waals surface area contributed by atoms with Gasteiger partial charge in [0.05, 0.1) is 13.1 Å². The van der Waals surface area contributed by atoms with Crippen LogP contribution in [0.3, 0.4) is 0 Å². The number of piperidine rings is 1. The van der Waals surface area contributed by atoms with Crippen molar-refractivity contribution in [3.63, 3.8) is 0 Å². The zero-order chi connectivity index (χ0) is 13.2. The molecule has 1 fully saturated rings. The van der Waals surface area contributed by atoms with Crippen LogP contribution in [0.1, 0.15) is 26.2 Å². The Morgan fingerprint density at radius 1 is 1.39 bits per heavy atom. The molecule has 0 aliphatic carbocycles. The Balaban J connectivity index is 2.06. The summed E-state index contributed by atoms with van der Waals surface area (Å²) < 4.78 is 0. The van der Waals surface area contributed by atoms with Crippen molar-refractivity contribution in [3.8, 4) is 12.3 Å². The summed E-state index contributed by atoms with van der Waals surface area (Å²) in [5.74, 6) is 2.97. The molecule has 0 aromatic carbocycles. The molecule has 1 saturated heterocycles. The summed E-state index contributed by atoms with van der Waals surface area (Å²) in [6.45, 7) is 7.18. The molecule has 1 aliphatic heterocycles. The van der Waals surface area contributed by atoms with Gasteiger partial charge in [-0.05, 0) is 31.8 Å². The Labute approximate surface area is 110 Å². The van der Waals surface area contributed by atoms with Gasteiger partial charge in [0.2, 0.25) is 5.91 Å². The molecule has 1 atom stereocenters. The standard InChI is InChI=1S/C14H25N3O/c1-3-7-15-11-14(18)16-10-13(2)12-17-8-5-4-6-9-17/h1,13,15H,4-12H2,2H3,(H,16,18). The van der Waals surface area contributed by atoms with Crippen LogP contribution < -0.4 is 10.6 Å². The fourth-order valence-electron chi connectivity index (χ4n) is 2.25. The number of rotatable bonds is 7. The minimum Gasteiger partial charge on any atom is -0.355 e. The van der Waals surface area contributed by atoms with Gasteiger partial charge in [0.15, 0.2) is 0 Å². The van der Waals surface area contributed by atoms with Gasteiger partial charge in [-0.25, -0.2) is 0 Å². The van der Waals surface area contributed by atoms with Gasteiger partial charge in [-0.3, -0.25) is 10.1 Å². The first-order valence-electron chi connectivity index (χ1n) is 6.85. The van der Waals surface area contributed by atoms with Crippen molar-refractivity contribution in [2.75, 3.05) is 39.3 Å². The number of carbonyl (C=O) groups excluding carboxylic acids is 1. The number of likely N-dealkylation sites (tertiary alicyclic amines) is 1. The minimum absolute atomic E-state index is 0.0238. The highest BCUT2D eigenvalue weighted by atomic mass is 16.1. The summed E-state index contributed by atoms with van der Waals surface area (Å²) in [4.78, 5) is 14.0. The fourth-order valence-corrected chi connectivity index (χ4v) is 2.25. The van der Waals surface area contributed by atoms with Gasteiger partial charge in [0, 0.05) is 13.1 Å². The third-order valence-electron chi connectivity index (χ3n) is 3.18. The lowest BCUT2D eigenvalue weighted by Gasteiger charge is -2.29. The van der Waals surface area contributed by atoms with Crippen molar-refractivity contribution in [1.29, 1.82) is 0 Å². The van der Waals surface area contributed by atoms with Crippen molar-refractivity contribution >= 4 is 5.91 Å². The average Bonchev–Trinajstić information content (AvgIpc) is 2.38. The largest absolute Gasteiger partial charge is 0.355 e. The first kappa shape index (κ1) is 15.0. The van der Waals surface area contributed by atoms with E-state index in [0.717, 1.165) is 13.1 Å². The quantitative estimate of drug-likeness (QED) is 0.510. The molecule has 1 heterocycles. The first-order valence-corrected chi connectivity index (χ1v) is 6.85. The normalized spacial score (nSPS) is 18.0. The highest BCUT2D eigenvalue weighted by Crippen LogP contribution is 2.10. The van der Waals surface area contributed by atoms with Gasteiger partial charge in [0.1, 0.15) is 0 Å². The molecule has 1 aliphatic rings. The summed E-state index contributed by atoms with van der Waals surface area (Å²) >= 11 is 0. The predicted molar refractivity (Wildman–Crippen MR) is 74.2 cm³/mol. The average molecular weight is 251 g/mol. The van der Waals surface area contributed by atoms with Gasteiger partial charge in [0.25, 0.3) is 0 Å². The monoisotopic (exact) mass is 251 g/mol. The number of amides is 1. The molecule has 0 spiro atoms. The maximum atomic E-state index is 11.5. The Kier molecular flexibility index (Phi) is 7.47. The number of nitrogens with one attached hydrogen (secondary N) is 2. The van der Waals surface area contributed by atoms with Gasteiger partial charge in [-0.2, -0.15) is 0 Å². The Hall–Kier alpha value is -1.05. The highest BCUT2D eigenvalue weighted by molar-refractivity contribution is 5.77. The second kappa shape index (κ2) is 8.96. The van der Waals surface area contributed by atoms with Crippen LogP contribution in [0.4, 0.5) is 0 Å². The van der Waals surface area contributed by atoms with E-state index in [9.17, 15) is 4.79 Å². The molecule has 1 unspecified atom stereocenters. The lowest BCUT2D eigenvalue weighted by Crippen LogP contribution is -2.40. The lowest BCUT2D eigenvalue weighted by atomic mass is 10.1. The topological polar surface area (TPSA) is 44.4 Å². The molecular weight excluding hydrogens is 226 g/mol. The smallest absolute Gasteiger partial charge is 0.233 e. The van der Waals surface area contributed by atoms with E-state index in [0.29, 0.717) is 19.0 Å². The molecule has 0 radical (unpaired) electrons. The molecule has 4 nitrogen and oxygen atoms in total. The molecule has 0 aromatic heterocycles. The number of hydrogen-bond acceptors (Lipinski definition) is 3. The van der Waals surface area contributed by atoms with E-state index < -0.39 is 0 Å². The van der Waals surface area contributed by atoms with Crippen molar-refractivity contribution in [2.45, 2.75) is 26.2 Å². The van der Waals surface area contributed by atoms with Gasteiger partial charge in [-0.1, -0.05) is 19.3 Å². The Morgan fingerprint density at radius 2 is 2.11 bits per heavy atom. The second-order valence-corrected chi connectivity index (χ2v) is 5.08. The fraction of sp³-hybridized carbons (Fsp3) is 0.786.